The summed E-state index contributed by atoms with van der Waals surface area (Å²) in [6.07, 6.45) is 5.78. The molecule has 6 heteroatoms. The molecule has 25 heavy (non-hydrogen) atoms. The molecule has 6 nitrogen and oxygen atoms in total. The number of ether oxygens (including phenoxy) is 1. The van der Waals surface area contributed by atoms with Crippen molar-refractivity contribution in [3.63, 3.8) is 0 Å². The number of likely N-dealkylation sites (tertiary alicyclic amines) is 1. The fraction of sp³-hybridized carbons (Fsp3) is 0.474. The van der Waals surface area contributed by atoms with E-state index in [0.717, 1.165) is 49.2 Å². The van der Waals surface area contributed by atoms with Crippen molar-refractivity contribution in [3.05, 3.63) is 47.8 Å². The van der Waals surface area contributed by atoms with Gasteiger partial charge in [-0.3, -0.25) is 4.68 Å². The molecule has 2 unspecified atom stereocenters. The van der Waals surface area contributed by atoms with Gasteiger partial charge in [0.2, 0.25) is 0 Å². The quantitative estimate of drug-likeness (QED) is 0.914. The fourth-order valence-corrected chi connectivity index (χ4v) is 3.87. The minimum atomic E-state index is -0.00104. The number of piperidine rings is 1. The maximum absolute atomic E-state index is 12.9. The maximum atomic E-state index is 12.9. The molecule has 0 radical (unpaired) electrons. The number of carbonyl (C=O) groups excluding carboxylic acids is 1. The lowest BCUT2D eigenvalue weighted by Crippen LogP contribution is -2.51. The molecule has 2 aromatic rings. The zero-order chi connectivity index (χ0) is 17.2. The lowest BCUT2D eigenvalue weighted by Gasteiger charge is -2.37. The number of rotatable bonds is 2. The van der Waals surface area contributed by atoms with Gasteiger partial charge in [0.1, 0.15) is 12.4 Å². The van der Waals surface area contributed by atoms with Gasteiger partial charge in [0.05, 0.1) is 17.8 Å². The van der Waals surface area contributed by atoms with E-state index in [0.29, 0.717) is 6.61 Å². The Morgan fingerprint density at radius 1 is 1.28 bits per heavy atom. The average molecular weight is 340 g/mol. The Kier molecular flexibility index (Phi) is 4.34. The first-order valence-electron chi connectivity index (χ1n) is 8.98. The van der Waals surface area contributed by atoms with Crippen LogP contribution in [0.15, 0.2) is 36.5 Å². The summed E-state index contributed by atoms with van der Waals surface area (Å²) in [7, 11) is 1.94. The SMILES string of the molecule is Cn1nccc1C1CCCCN1C(=O)NC1COc2ccccc2C1. The van der Waals surface area contributed by atoms with Gasteiger partial charge in [0, 0.05) is 19.8 Å². The van der Waals surface area contributed by atoms with E-state index >= 15 is 0 Å². The van der Waals surface area contributed by atoms with Gasteiger partial charge in [0.15, 0.2) is 0 Å². The number of fused-ring (bicyclic) bond motifs is 1. The predicted octanol–water partition coefficient (Wildman–Crippen LogP) is 2.66. The Bertz CT molecular complexity index is 757. The van der Waals surface area contributed by atoms with Gasteiger partial charge < -0.3 is 15.0 Å². The Hall–Kier alpha value is -2.50. The Balaban J connectivity index is 1.46. The third-order valence-electron chi connectivity index (χ3n) is 5.17. The molecule has 1 N–H and O–H groups in total. The number of aromatic nitrogens is 2. The first kappa shape index (κ1) is 16.0. The molecule has 2 amide bonds. The lowest BCUT2D eigenvalue weighted by atomic mass is 9.99. The summed E-state index contributed by atoms with van der Waals surface area (Å²) < 4.78 is 7.67. The number of hydrogen-bond donors (Lipinski definition) is 1. The maximum Gasteiger partial charge on any atom is 0.318 e. The molecule has 3 heterocycles. The summed E-state index contributed by atoms with van der Waals surface area (Å²) in [5, 5.41) is 7.44. The molecule has 2 atom stereocenters. The van der Waals surface area contributed by atoms with E-state index in [-0.39, 0.29) is 18.1 Å². The van der Waals surface area contributed by atoms with Crippen LogP contribution < -0.4 is 10.1 Å². The van der Waals surface area contributed by atoms with E-state index < -0.39 is 0 Å². The zero-order valence-electron chi connectivity index (χ0n) is 14.5. The highest BCUT2D eigenvalue weighted by atomic mass is 16.5. The van der Waals surface area contributed by atoms with Crippen LogP contribution in [0.25, 0.3) is 0 Å². The van der Waals surface area contributed by atoms with Crippen LogP contribution >= 0.6 is 0 Å². The van der Waals surface area contributed by atoms with Gasteiger partial charge in [-0.15, -0.1) is 0 Å². The third-order valence-corrected chi connectivity index (χ3v) is 5.17. The van der Waals surface area contributed by atoms with Gasteiger partial charge in [-0.2, -0.15) is 5.10 Å². The molecule has 132 valence electrons. The van der Waals surface area contributed by atoms with Crippen molar-refractivity contribution in [2.24, 2.45) is 7.05 Å². The number of hydrogen-bond acceptors (Lipinski definition) is 3. The minimum Gasteiger partial charge on any atom is -0.491 e. The van der Waals surface area contributed by atoms with Gasteiger partial charge in [-0.25, -0.2) is 4.79 Å². The van der Waals surface area contributed by atoms with Crippen LogP contribution in [-0.4, -0.2) is 39.9 Å². The molecule has 2 aliphatic rings. The van der Waals surface area contributed by atoms with Crippen LogP contribution in [0.1, 0.15) is 36.6 Å². The molecule has 0 saturated carbocycles. The summed E-state index contributed by atoms with van der Waals surface area (Å²) in [5.41, 5.74) is 2.25. The molecular weight excluding hydrogens is 316 g/mol. The number of para-hydroxylation sites is 1. The summed E-state index contributed by atoms with van der Waals surface area (Å²) in [6, 6.07) is 10.1. The largest absolute Gasteiger partial charge is 0.491 e. The summed E-state index contributed by atoms with van der Waals surface area (Å²) in [4.78, 5) is 14.9. The molecular formula is C19H24N4O2. The van der Waals surface area contributed by atoms with Gasteiger partial charge >= 0.3 is 6.03 Å². The third kappa shape index (κ3) is 3.21. The molecule has 1 fully saturated rings. The van der Waals surface area contributed by atoms with Crippen LogP contribution in [0.3, 0.4) is 0 Å². The van der Waals surface area contributed by atoms with Crippen molar-refractivity contribution in [1.82, 2.24) is 20.0 Å². The second-order valence-electron chi connectivity index (χ2n) is 6.85. The van der Waals surface area contributed by atoms with E-state index in [1.165, 1.54) is 0 Å². The standard InChI is InChI=1S/C19H24N4O2/c1-22-16(9-10-20-22)17-7-4-5-11-23(17)19(24)21-15-12-14-6-2-3-8-18(14)25-13-15/h2-3,6,8-10,15,17H,4-5,7,11-13H2,1H3,(H,21,24). The second-order valence-corrected chi connectivity index (χ2v) is 6.85. The predicted molar refractivity (Wildman–Crippen MR) is 94.5 cm³/mol. The molecule has 1 aromatic carbocycles. The first-order chi connectivity index (χ1) is 12.2. The van der Waals surface area contributed by atoms with Gasteiger partial charge in [0.25, 0.3) is 0 Å². The highest BCUT2D eigenvalue weighted by Gasteiger charge is 2.31. The van der Waals surface area contributed by atoms with Crippen molar-refractivity contribution in [3.8, 4) is 5.75 Å². The highest BCUT2D eigenvalue weighted by molar-refractivity contribution is 5.75. The number of benzene rings is 1. The molecule has 0 bridgehead atoms. The summed E-state index contributed by atoms with van der Waals surface area (Å²) in [5.74, 6) is 0.929. The van der Waals surface area contributed by atoms with E-state index in [1.807, 2.05) is 40.9 Å². The number of carbonyl (C=O) groups is 1. The monoisotopic (exact) mass is 340 g/mol. The van der Waals surface area contributed by atoms with Crippen molar-refractivity contribution in [2.75, 3.05) is 13.2 Å². The number of urea groups is 1. The molecule has 4 rings (SSSR count). The van der Waals surface area contributed by atoms with E-state index in [4.69, 9.17) is 4.74 Å². The normalized spacial score (nSPS) is 22.8. The molecule has 1 saturated heterocycles. The number of nitrogens with zero attached hydrogens (tertiary/aromatic N) is 3. The van der Waals surface area contributed by atoms with Crippen molar-refractivity contribution in [2.45, 2.75) is 37.8 Å². The van der Waals surface area contributed by atoms with Crippen LogP contribution in [0.5, 0.6) is 5.75 Å². The molecule has 0 spiro atoms. The first-order valence-corrected chi connectivity index (χ1v) is 8.98. The van der Waals surface area contributed by atoms with E-state index in [9.17, 15) is 4.79 Å². The smallest absolute Gasteiger partial charge is 0.318 e. The van der Waals surface area contributed by atoms with Gasteiger partial charge in [-0.1, -0.05) is 18.2 Å². The minimum absolute atomic E-state index is 0.00104. The van der Waals surface area contributed by atoms with Crippen LogP contribution in [0.2, 0.25) is 0 Å². The zero-order valence-corrected chi connectivity index (χ0v) is 14.5. The fourth-order valence-electron chi connectivity index (χ4n) is 3.87. The topological polar surface area (TPSA) is 59.4 Å². The molecule has 2 aliphatic heterocycles. The van der Waals surface area contributed by atoms with Crippen molar-refractivity contribution < 1.29 is 9.53 Å². The van der Waals surface area contributed by atoms with Crippen LogP contribution in [0, 0.1) is 0 Å². The number of amides is 2. The average Bonchev–Trinajstić information content (AvgIpc) is 3.07. The highest BCUT2D eigenvalue weighted by Crippen LogP contribution is 2.31. The summed E-state index contributed by atoms with van der Waals surface area (Å²) in [6.45, 7) is 1.30. The van der Waals surface area contributed by atoms with Gasteiger partial charge in [-0.05, 0) is 43.4 Å². The molecule has 0 aliphatic carbocycles. The Morgan fingerprint density at radius 3 is 3.00 bits per heavy atom. The molecule has 1 aromatic heterocycles. The van der Waals surface area contributed by atoms with Crippen molar-refractivity contribution >= 4 is 6.03 Å². The summed E-state index contributed by atoms with van der Waals surface area (Å²) >= 11 is 0. The van der Waals surface area contributed by atoms with Crippen LogP contribution in [0.4, 0.5) is 4.79 Å². The lowest BCUT2D eigenvalue weighted by molar-refractivity contribution is 0.138. The van der Waals surface area contributed by atoms with Crippen LogP contribution in [-0.2, 0) is 13.5 Å². The van der Waals surface area contributed by atoms with E-state index in [2.05, 4.69) is 16.5 Å². The Morgan fingerprint density at radius 2 is 2.16 bits per heavy atom. The second kappa shape index (κ2) is 6.78. The Labute approximate surface area is 147 Å². The van der Waals surface area contributed by atoms with Crippen molar-refractivity contribution in [1.29, 1.82) is 0 Å². The number of aryl methyl sites for hydroxylation is 1. The van der Waals surface area contributed by atoms with E-state index in [1.54, 1.807) is 6.20 Å². The number of nitrogens with one attached hydrogen (secondary N) is 1.